The van der Waals surface area contributed by atoms with Crippen molar-refractivity contribution in [3.05, 3.63) is 33.8 Å². The van der Waals surface area contributed by atoms with E-state index in [0.717, 1.165) is 0 Å². The number of hydrogen-bond acceptors (Lipinski definition) is 3. The Balaban J connectivity index is 3.22. The molecule has 0 aromatic heterocycles. The maximum Gasteiger partial charge on any atom is 0.252 e. The third-order valence-electron chi connectivity index (χ3n) is 1.58. The van der Waals surface area contributed by atoms with E-state index in [4.69, 9.17) is 11.6 Å². The number of carbonyl (C=O) groups is 1. The van der Waals surface area contributed by atoms with Crippen molar-refractivity contribution in [2.45, 2.75) is 5.75 Å². The van der Waals surface area contributed by atoms with E-state index in [2.05, 4.69) is 15.9 Å². The molecule has 0 saturated heterocycles. The summed E-state index contributed by atoms with van der Waals surface area (Å²) >= 11 is 8.48. The van der Waals surface area contributed by atoms with E-state index in [9.17, 15) is 13.2 Å². The van der Waals surface area contributed by atoms with Gasteiger partial charge in [0, 0.05) is 10.0 Å². The average molecular weight is 298 g/mol. The van der Waals surface area contributed by atoms with Gasteiger partial charge in [-0.05, 0) is 35.4 Å². The van der Waals surface area contributed by atoms with Gasteiger partial charge in [-0.3, -0.25) is 4.79 Å². The van der Waals surface area contributed by atoms with E-state index in [1.165, 1.54) is 6.07 Å². The monoisotopic (exact) mass is 296 g/mol. The minimum absolute atomic E-state index is 0.178. The zero-order chi connectivity index (χ0) is 10.7. The first-order valence-corrected chi connectivity index (χ1v) is 6.14. The van der Waals surface area contributed by atoms with Crippen molar-refractivity contribution >= 4 is 43.5 Å². The Morgan fingerprint density at radius 1 is 1.43 bits per heavy atom. The van der Waals surface area contributed by atoms with E-state index < -0.39 is 15.9 Å². The molecule has 1 aromatic rings. The van der Waals surface area contributed by atoms with Crippen LogP contribution in [0, 0.1) is 0 Å². The molecule has 0 aliphatic carbocycles. The lowest BCUT2D eigenvalue weighted by Gasteiger charge is -2.02. The Labute approximate surface area is 96.2 Å². The van der Waals surface area contributed by atoms with Crippen LogP contribution in [0.25, 0.3) is 0 Å². The van der Waals surface area contributed by atoms with Crippen molar-refractivity contribution in [1.29, 1.82) is 0 Å². The summed E-state index contributed by atoms with van der Waals surface area (Å²) in [7, 11) is -2.56. The predicted molar refractivity (Wildman–Crippen MR) is 58.3 cm³/mol. The van der Waals surface area contributed by atoms with Crippen molar-refractivity contribution in [2.75, 3.05) is 0 Å². The van der Waals surface area contributed by atoms with Gasteiger partial charge in [0.05, 0.1) is 5.75 Å². The average Bonchev–Trinajstić information content (AvgIpc) is 2.01. The molecule has 3 nitrogen and oxygen atoms in total. The second kappa shape index (κ2) is 4.91. The number of thiol groups is 1. The summed E-state index contributed by atoms with van der Waals surface area (Å²) in [5.74, 6) is -0.178. The van der Waals surface area contributed by atoms with Gasteiger partial charge in [-0.15, -0.1) is 0 Å². The van der Waals surface area contributed by atoms with Crippen LogP contribution in [0.15, 0.2) is 22.7 Å². The molecule has 0 spiro atoms. The van der Waals surface area contributed by atoms with Gasteiger partial charge in [0.25, 0.3) is 5.24 Å². The molecule has 6 heteroatoms. The summed E-state index contributed by atoms with van der Waals surface area (Å²) < 4.78 is 21.8. The van der Waals surface area contributed by atoms with Gasteiger partial charge in [-0.1, -0.05) is 15.9 Å². The molecule has 0 aliphatic heterocycles. The maximum absolute atomic E-state index is 10.9. The maximum atomic E-state index is 10.9. The molecule has 76 valence electrons. The number of carbonyl (C=O) groups excluding carboxylic acids is 1. The lowest BCUT2D eigenvalue weighted by atomic mass is 10.1. The fourth-order valence-electron chi connectivity index (χ4n) is 1.02. The Kier molecular flexibility index (Phi) is 4.10. The summed E-state index contributed by atoms with van der Waals surface area (Å²) in [6.45, 7) is 0. The highest BCUT2D eigenvalue weighted by Crippen LogP contribution is 2.19. The van der Waals surface area contributed by atoms with Crippen LogP contribution in [0.1, 0.15) is 15.9 Å². The molecule has 1 aromatic carbocycles. The SMILES string of the molecule is O=C(Cl)c1ccc(Br)cc1C[SH](=O)=O. The fourth-order valence-corrected chi connectivity index (χ4v) is 2.16. The first kappa shape index (κ1) is 11.7. The largest absolute Gasteiger partial charge is 0.276 e. The molecule has 0 bridgehead atoms. The van der Waals surface area contributed by atoms with Gasteiger partial charge in [0.1, 0.15) is 10.7 Å². The molecule has 0 amide bonds. The minimum Gasteiger partial charge on any atom is -0.276 e. The molecule has 0 fully saturated rings. The Morgan fingerprint density at radius 2 is 2.07 bits per heavy atom. The van der Waals surface area contributed by atoms with E-state index in [-0.39, 0.29) is 11.3 Å². The van der Waals surface area contributed by atoms with Gasteiger partial charge < -0.3 is 0 Å². The highest BCUT2D eigenvalue weighted by Gasteiger charge is 2.09. The number of rotatable bonds is 3. The van der Waals surface area contributed by atoms with Crippen LogP contribution in [0.4, 0.5) is 0 Å². The summed E-state index contributed by atoms with van der Waals surface area (Å²) in [5.41, 5.74) is 0.643. The Bertz CT molecular complexity index is 434. The highest BCUT2D eigenvalue weighted by molar-refractivity contribution is 9.10. The normalized spacial score (nSPS) is 10.5. The Hall–Kier alpha value is -0.390. The molecule has 0 heterocycles. The third kappa shape index (κ3) is 3.08. The van der Waals surface area contributed by atoms with Crippen LogP contribution < -0.4 is 0 Å². The van der Waals surface area contributed by atoms with Crippen molar-refractivity contribution < 1.29 is 13.2 Å². The van der Waals surface area contributed by atoms with Gasteiger partial charge in [-0.2, -0.15) is 0 Å². The smallest absolute Gasteiger partial charge is 0.252 e. The second-order valence-corrected chi connectivity index (χ2v) is 4.81. The molecule has 14 heavy (non-hydrogen) atoms. The van der Waals surface area contributed by atoms with Crippen LogP contribution in [-0.2, 0) is 16.5 Å². The standard InChI is InChI=1S/C8H6BrClO3S/c9-6-1-2-7(8(10)11)5(3-6)4-14(12)13/h1-3,14H,4H2. The van der Waals surface area contributed by atoms with Gasteiger partial charge in [0.15, 0.2) is 0 Å². The number of halogens is 2. The van der Waals surface area contributed by atoms with Crippen molar-refractivity contribution in [1.82, 2.24) is 0 Å². The first-order chi connectivity index (χ1) is 6.50. The first-order valence-electron chi connectivity index (χ1n) is 3.61. The van der Waals surface area contributed by atoms with Gasteiger partial charge in [-0.25, -0.2) is 8.42 Å². The van der Waals surface area contributed by atoms with Crippen LogP contribution in [-0.4, -0.2) is 13.7 Å². The predicted octanol–water partition coefficient (Wildman–Crippen LogP) is 1.94. The Morgan fingerprint density at radius 3 is 2.57 bits per heavy atom. The van der Waals surface area contributed by atoms with Crippen molar-refractivity contribution in [3.8, 4) is 0 Å². The summed E-state index contributed by atoms with van der Waals surface area (Å²) in [5, 5.41) is -0.649. The molecule has 0 N–H and O–H groups in total. The van der Waals surface area contributed by atoms with Crippen LogP contribution in [0.5, 0.6) is 0 Å². The summed E-state index contributed by atoms with van der Waals surface area (Å²) in [6, 6.07) is 4.70. The van der Waals surface area contributed by atoms with E-state index in [1.807, 2.05) is 0 Å². The molecule has 0 atom stereocenters. The van der Waals surface area contributed by atoms with E-state index in [1.54, 1.807) is 12.1 Å². The van der Waals surface area contributed by atoms with Crippen LogP contribution >= 0.6 is 27.5 Å². The minimum atomic E-state index is -2.56. The van der Waals surface area contributed by atoms with Gasteiger partial charge in [0.2, 0.25) is 0 Å². The summed E-state index contributed by atoms with van der Waals surface area (Å²) in [6.07, 6.45) is 0. The second-order valence-electron chi connectivity index (χ2n) is 2.57. The van der Waals surface area contributed by atoms with Crippen LogP contribution in [0.3, 0.4) is 0 Å². The molecular weight excluding hydrogens is 292 g/mol. The topological polar surface area (TPSA) is 51.2 Å². The molecule has 1 rings (SSSR count). The molecule has 0 radical (unpaired) electrons. The van der Waals surface area contributed by atoms with Crippen LogP contribution in [0.2, 0.25) is 0 Å². The van der Waals surface area contributed by atoms with Crippen molar-refractivity contribution in [3.63, 3.8) is 0 Å². The fraction of sp³-hybridized carbons (Fsp3) is 0.125. The number of benzene rings is 1. The third-order valence-corrected chi connectivity index (χ3v) is 2.87. The molecular formula is C8H6BrClO3S. The van der Waals surface area contributed by atoms with E-state index >= 15 is 0 Å². The number of hydrogen-bond donors (Lipinski definition) is 1. The zero-order valence-electron chi connectivity index (χ0n) is 6.87. The quantitative estimate of drug-likeness (QED) is 0.685. The zero-order valence-corrected chi connectivity index (χ0v) is 10.1. The summed E-state index contributed by atoms with van der Waals surface area (Å²) in [4.78, 5) is 10.9. The lowest BCUT2D eigenvalue weighted by molar-refractivity contribution is 0.108. The molecule has 0 aliphatic rings. The molecule has 0 unspecified atom stereocenters. The lowest BCUT2D eigenvalue weighted by Crippen LogP contribution is -1.98. The van der Waals surface area contributed by atoms with Gasteiger partial charge >= 0.3 is 0 Å². The van der Waals surface area contributed by atoms with E-state index in [0.29, 0.717) is 10.0 Å². The van der Waals surface area contributed by atoms with Crippen molar-refractivity contribution in [2.24, 2.45) is 0 Å². The highest BCUT2D eigenvalue weighted by atomic mass is 79.9. The molecule has 0 saturated carbocycles.